The highest BCUT2D eigenvalue weighted by molar-refractivity contribution is 5.89. The molecule has 0 saturated carbocycles. The molecule has 0 N–H and O–H groups in total. The highest BCUT2D eigenvalue weighted by atomic mass is 16.5. The van der Waals surface area contributed by atoms with E-state index in [1.165, 1.54) is 22.3 Å². The van der Waals surface area contributed by atoms with Gasteiger partial charge in [0.05, 0.1) is 11.4 Å². The molecular weight excluding hydrogens is 548 g/mol. The fourth-order valence-electron chi connectivity index (χ4n) is 6.05. The molecule has 0 bridgehead atoms. The summed E-state index contributed by atoms with van der Waals surface area (Å²) < 4.78 is 6.54. The smallest absolute Gasteiger partial charge is 0.153 e. The van der Waals surface area contributed by atoms with Gasteiger partial charge in [-0.05, 0) is 82.9 Å². The van der Waals surface area contributed by atoms with Crippen LogP contribution in [0, 0.1) is 0 Å². The molecule has 0 unspecified atom stereocenters. The average Bonchev–Trinajstić information content (AvgIpc) is 3.12. The van der Waals surface area contributed by atoms with Crippen LogP contribution in [0.2, 0.25) is 0 Å². The number of ether oxygens (including phenoxy) is 1. The molecule has 1 heterocycles. The van der Waals surface area contributed by atoms with Gasteiger partial charge in [-0.3, -0.25) is 0 Å². The summed E-state index contributed by atoms with van der Waals surface area (Å²) in [4.78, 5) is 4.54. The normalized spacial score (nSPS) is 11.7. The number of benzene rings is 7. The van der Waals surface area contributed by atoms with E-state index in [4.69, 9.17) is 4.74 Å². The van der Waals surface area contributed by atoms with E-state index < -0.39 is 0 Å². The minimum atomic E-state index is 0.811. The van der Waals surface area contributed by atoms with E-state index in [-0.39, 0.29) is 0 Å². The van der Waals surface area contributed by atoms with Crippen molar-refractivity contribution in [2.45, 2.75) is 0 Å². The maximum absolute atomic E-state index is 6.54. The largest absolute Gasteiger partial charge is 0.453 e. The first kappa shape index (κ1) is 26.6. The zero-order valence-corrected chi connectivity index (χ0v) is 24.6. The molecule has 3 heteroatoms. The topological polar surface area (TPSA) is 15.7 Å². The van der Waals surface area contributed by atoms with Gasteiger partial charge in [0.15, 0.2) is 11.5 Å². The highest BCUT2D eigenvalue weighted by Crippen LogP contribution is 2.52. The van der Waals surface area contributed by atoms with Crippen LogP contribution in [-0.4, -0.2) is 0 Å². The first-order valence-electron chi connectivity index (χ1n) is 15.2. The van der Waals surface area contributed by atoms with Crippen LogP contribution in [0.4, 0.5) is 34.1 Å². The number of rotatable bonds is 6. The summed E-state index contributed by atoms with van der Waals surface area (Å²) in [7, 11) is 0. The van der Waals surface area contributed by atoms with Gasteiger partial charge in [-0.1, -0.05) is 115 Å². The zero-order valence-electron chi connectivity index (χ0n) is 24.6. The Morgan fingerprint density at radius 1 is 0.356 bits per heavy atom. The molecule has 0 aromatic heterocycles. The third kappa shape index (κ3) is 5.11. The highest BCUT2D eigenvalue weighted by Gasteiger charge is 2.27. The van der Waals surface area contributed by atoms with Crippen molar-refractivity contribution in [1.82, 2.24) is 0 Å². The van der Waals surface area contributed by atoms with Crippen LogP contribution in [0.5, 0.6) is 11.5 Å². The molecule has 0 radical (unpaired) electrons. The Bertz CT molecular complexity index is 2060. The van der Waals surface area contributed by atoms with E-state index in [1.807, 2.05) is 24.3 Å². The minimum Gasteiger partial charge on any atom is -0.453 e. The van der Waals surface area contributed by atoms with Crippen molar-refractivity contribution in [3.8, 4) is 33.8 Å². The van der Waals surface area contributed by atoms with Gasteiger partial charge >= 0.3 is 0 Å². The van der Waals surface area contributed by atoms with Gasteiger partial charge in [-0.15, -0.1) is 0 Å². The molecule has 0 saturated heterocycles. The van der Waals surface area contributed by atoms with E-state index in [9.17, 15) is 0 Å². The third-order valence-electron chi connectivity index (χ3n) is 8.25. The second-order valence-electron chi connectivity index (χ2n) is 11.1. The maximum atomic E-state index is 6.54. The molecule has 1 aliphatic rings. The lowest BCUT2D eigenvalue weighted by atomic mass is 10.00. The second-order valence-corrected chi connectivity index (χ2v) is 11.1. The lowest BCUT2D eigenvalue weighted by Crippen LogP contribution is -2.16. The van der Waals surface area contributed by atoms with Gasteiger partial charge in [0.2, 0.25) is 0 Å². The summed E-state index contributed by atoms with van der Waals surface area (Å²) in [5, 5.41) is 0. The molecule has 7 aromatic carbocycles. The Kier molecular flexibility index (Phi) is 6.82. The fraction of sp³-hybridized carbons (Fsp3) is 0. The van der Waals surface area contributed by atoms with Crippen molar-refractivity contribution in [2.24, 2.45) is 0 Å². The van der Waals surface area contributed by atoms with E-state index in [0.29, 0.717) is 0 Å². The molecule has 0 fully saturated rings. The number of para-hydroxylation sites is 4. The summed E-state index contributed by atoms with van der Waals surface area (Å²) in [6.45, 7) is 0. The van der Waals surface area contributed by atoms with Gasteiger partial charge in [0.1, 0.15) is 0 Å². The Morgan fingerprint density at radius 3 is 1.49 bits per heavy atom. The average molecular weight is 579 g/mol. The summed E-state index contributed by atoms with van der Waals surface area (Å²) >= 11 is 0. The van der Waals surface area contributed by atoms with Crippen LogP contribution in [0.25, 0.3) is 22.3 Å². The van der Waals surface area contributed by atoms with Crippen molar-refractivity contribution in [1.29, 1.82) is 0 Å². The van der Waals surface area contributed by atoms with Crippen molar-refractivity contribution < 1.29 is 4.74 Å². The van der Waals surface area contributed by atoms with Crippen LogP contribution >= 0.6 is 0 Å². The van der Waals surface area contributed by atoms with E-state index >= 15 is 0 Å². The van der Waals surface area contributed by atoms with Crippen LogP contribution in [-0.2, 0) is 0 Å². The standard InChI is InChI=1S/C42H30N2O/c1-4-12-31(13-5-1)32-20-22-33(23-21-32)34-24-26-37(27-25-34)43(35-14-6-2-7-15-35)38-28-29-40-42(30-38)45-41-19-11-10-18-39(41)44(40)36-16-8-3-9-17-36/h1-30H. The SMILES string of the molecule is c1ccc(-c2ccc(-c3ccc(N(c4ccccc4)c4ccc5c(c4)Oc4ccccc4N5c4ccccc4)cc3)cc2)cc1. The van der Waals surface area contributed by atoms with Crippen molar-refractivity contribution in [3.05, 3.63) is 182 Å². The van der Waals surface area contributed by atoms with E-state index in [0.717, 1.165) is 45.6 Å². The van der Waals surface area contributed by atoms with Crippen molar-refractivity contribution >= 4 is 34.1 Å². The third-order valence-corrected chi connectivity index (χ3v) is 8.25. The second kappa shape index (κ2) is 11.6. The summed E-state index contributed by atoms with van der Waals surface area (Å²) in [5.74, 6) is 1.64. The van der Waals surface area contributed by atoms with Crippen LogP contribution in [0.15, 0.2) is 182 Å². The van der Waals surface area contributed by atoms with E-state index in [1.54, 1.807) is 0 Å². The molecule has 45 heavy (non-hydrogen) atoms. The first-order valence-corrected chi connectivity index (χ1v) is 15.2. The van der Waals surface area contributed by atoms with Crippen LogP contribution < -0.4 is 14.5 Å². The van der Waals surface area contributed by atoms with Crippen molar-refractivity contribution in [2.75, 3.05) is 9.80 Å². The summed E-state index contributed by atoms with van der Waals surface area (Å²) in [5.41, 5.74) is 11.1. The first-order chi connectivity index (χ1) is 22.3. The number of anilines is 6. The Labute approximate surface area is 263 Å². The quantitative estimate of drug-likeness (QED) is 0.195. The number of nitrogens with zero attached hydrogens (tertiary/aromatic N) is 2. The van der Waals surface area contributed by atoms with Crippen LogP contribution in [0.1, 0.15) is 0 Å². The van der Waals surface area contributed by atoms with Crippen molar-refractivity contribution in [3.63, 3.8) is 0 Å². The Morgan fingerprint density at radius 2 is 0.822 bits per heavy atom. The summed E-state index contributed by atoms with van der Waals surface area (Å²) in [6.07, 6.45) is 0. The number of fused-ring (bicyclic) bond motifs is 2. The van der Waals surface area contributed by atoms with Gasteiger partial charge in [-0.2, -0.15) is 0 Å². The minimum absolute atomic E-state index is 0.811. The van der Waals surface area contributed by atoms with Gasteiger partial charge in [0.25, 0.3) is 0 Å². The monoisotopic (exact) mass is 578 g/mol. The number of hydrogen-bond acceptors (Lipinski definition) is 3. The zero-order chi connectivity index (χ0) is 30.0. The molecule has 0 atom stereocenters. The summed E-state index contributed by atoms with van der Waals surface area (Å²) in [6, 6.07) is 63.7. The maximum Gasteiger partial charge on any atom is 0.153 e. The molecule has 8 rings (SSSR count). The molecule has 0 spiro atoms. The number of hydrogen-bond donors (Lipinski definition) is 0. The predicted molar refractivity (Wildman–Crippen MR) is 187 cm³/mol. The molecule has 1 aliphatic heterocycles. The van der Waals surface area contributed by atoms with Crippen LogP contribution in [0.3, 0.4) is 0 Å². The van der Waals surface area contributed by atoms with Gasteiger partial charge in [0, 0.05) is 28.8 Å². The lowest BCUT2D eigenvalue weighted by Gasteiger charge is -2.34. The molecule has 0 aliphatic carbocycles. The fourth-order valence-corrected chi connectivity index (χ4v) is 6.05. The lowest BCUT2D eigenvalue weighted by molar-refractivity contribution is 0.477. The predicted octanol–water partition coefficient (Wildman–Crippen LogP) is 12.1. The Hall–Kier alpha value is -6.06. The van der Waals surface area contributed by atoms with Gasteiger partial charge in [-0.25, -0.2) is 0 Å². The van der Waals surface area contributed by atoms with E-state index in [2.05, 4.69) is 168 Å². The molecule has 7 aromatic rings. The Balaban J connectivity index is 1.16. The van der Waals surface area contributed by atoms with Gasteiger partial charge < -0.3 is 14.5 Å². The molecular formula is C42H30N2O. The molecule has 0 amide bonds. The molecule has 214 valence electrons. The molecule has 3 nitrogen and oxygen atoms in total.